The average Bonchev–Trinajstić information content (AvgIpc) is 3.44. The van der Waals surface area contributed by atoms with Gasteiger partial charge in [-0.3, -0.25) is 14.3 Å². The van der Waals surface area contributed by atoms with E-state index in [0.29, 0.717) is 41.7 Å². The van der Waals surface area contributed by atoms with Crippen molar-refractivity contribution in [3.63, 3.8) is 0 Å². The minimum absolute atomic E-state index is 0.0198. The fourth-order valence-electron chi connectivity index (χ4n) is 4.77. The lowest BCUT2D eigenvalue weighted by atomic mass is 9.82. The number of rotatable bonds is 8. The van der Waals surface area contributed by atoms with Crippen LogP contribution in [0.4, 0.5) is 5.69 Å². The van der Waals surface area contributed by atoms with E-state index in [0.717, 1.165) is 11.1 Å². The van der Waals surface area contributed by atoms with E-state index in [4.69, 9.17) is 5.11 Å². The van der Waals surface area contributed by atoms with Crippen LogP contribution in [0.3, 0.4) is 0 Å². The number of aryl methyl sites for hydroxylation is 1. The molecule has 0 fully saturated rings. The Hall–Kier alpha value is -4.15. The standard InChI is InChI=1S/C27H28N6O4/c1-18(7-5-6-13-32-17-20(12-14-34)29-30-32)27(37)23-15-21(10-11-24(23)31(2)26(27)36)33-25(35)22-9-4-3-8-19(22)16-28-33/h3-5,7-11,15-18,34,37H,6,12-14H2,1-2H3/b7-5+/t18-,27+/m0/s1. The quantitative estimate of drug-likeness (QED) is 0.354. The lowest BCUT2D eigenvalue weighted by Gasteiger charge is -2.27. The Labute approximate surface area is 213 Å². The number of anilines is 1. The molecule has 2 aromatic carbocycles. The average molecular weight is 501 g/mol. The third-order valence-electron chi connectivity index (χ3n) is 6.89. The highest BCUT2D eigenvalue weighted by Crippen LogP contribution is 2.45. The fraction of sp³-hybridized carbons (Fsp3) is 0.296. The first-order chi connectivity index (χ1) is 17.8. The molecule has 1 aliphatic heterocycles. The zero-order chi connectivity index (χ0) is 26.2. The molecule has 0 saturated carbocycles. The number of fused-ring (bicyclic) bond motifs is 2. The fourth-order valence-corrected chi connectivity index (χ4v) is 4.77. The molecule has 0 aliphatic carbocycles. The molecule has 10 nitrogen and oxygen atoms in total. The van der Waals surface area contributed by atoms with Gasteiger partial charge in [0.1, 0.15) is 0 Å². The summed E-state index contributed by atoms with van der Waals surface area (Å²) in [5.74, 6) is -0.971. The number of benzene rings is 2. The molecule has 4 aromatic rings. The van der Waals surface area contributed by atoms with Crippen LogP contribution in [0.15, 0.2) is 71.8 Å². The van der Waals surface area contributed by atoms with Crippen LogP contribution in [0.2, 0.25) is 0 Å². The second-order valence-corrected chi connectivity index (χ2v) is 9.23. The number of carbonyl (C=O) groups excluding carboxylic acids is 1. The molecule has 1 amide bonds. The maximum atomic E-state index is 13.2. The van der Waals surface area contributed by atoms with Crippen LogP contribution in [0.1, 0.15) is 24.6 Å². The predicted octanol–water partition coefficient (Wildman–Crippen LogP) is 1.96. The van der Waals surface area contributed by atoms with E-state index < -0.39 is 17.4 Å². The van der Waals surface area contributed by atoms with Crippen molar-refractivity contribution < 1.29 is 15.0 Å². The van der Waals surface area contributed by atoms with Gasteiger partial charge in [0.05, 0.1) is 28.7 Å². The molecule has 10 heteroatoms. The van der Waals surface area contributed by atoms with E-state index in [9.17, 15) is 14.7 Å². The number of aromatic nitrogens is 5. The number of allylic oxidation sites excluding steroid dienone is 1. The van der Waals surface area contributed by atoms with E-state index in [1.54, 1.807) is 61.4 Å². The highest BCUT2D eigenvalue weighted by Gasteiger charge is 2.51. The Kier molecular flexibility index (Phi) is 6.45. The highest BCUT2D eigenvalue weighted by molar-refractivity contribution is 6.07. The lowest BCUT2D eigenvalue weighted by molar-refractivity contribution is -0.139. The second-order valence-electron chi connectivity index (χ2n) is 9.23. The van der Waals surface area contributed by atoms with Gasteiger partial charge < -0.3 is 15.1 Å². The van der Waals surface area contributed by atoms with Crippen LogP contribution in [-0.2, 0) is 23.4 Å². The maximum absolute atomic E-state index is 13.2. The minimum Gasteiger partial charge on any atom is -0.396 e. The smallest absolute Gasteiger partial charge is 0.279 e. The summed E-state index contributed by atoms with van der Waals surface area (Å²) in [5, 5.41) is 34.4. The summed E-state index contributed by atoms with van der Waals surface area (Å²) >= 11 is 0. The predicted molar refractivity (Wildman–Crippen MR) is 138 cm³/mol. The molecule has 5 rings (SSSR count). The Morgan fingerprint density at radius 1 is 1.16 bits per heavy atom. The summed E-state index contributed by atoms with van der Waals surface area (Å²) in [7, 11) is 1.63. The van der Waals surface area contributed by atoms with Crippen molar-refractivity contribution in [3.05, 3.63) is 88.6 Å². The van der Waals surface area contributed by atoms with Gasteiger partial charge >= 0.3 is 0 Å². The molecule has 0 radical (unpaired) electrons. The van der Waals surface area contributed by atoms with Crippen LogP contribution in [0, 0.1) is 5.92 Å². The van der Waals surface area contributed by atoms with Gasteiger partial charge in [-0.1, -0.05) is 42.5 Å². The third-order valence-corrected chi connectivity index (χ3v) is 6.89. The largest absolute Gasteiger partial charge is 0.396 e. The zero-order valence-electron chi connectivity index (χ0n) is 20.7. The molecular formula is C27H28N6O4. The molecule has 0 spiro atoms. The van der Waals surface area contributed by atoms with Crippen LogP contribution in [0.5, 0.6) is 0 Å². The molecule has 0 saturated heterocycles. The third kappa shape index (κ3) is 4.24. The number of likely N-dealkylation sites (N-methyl/N-ethyl adjacent to an activating group) is 1. The molecule has 1 aliphatic rings. The Balaban J connectivity index is 1.42. The van der Waals surface area contributed by atoms with E-state index in [2.05, 4.69) is 15.4 Å². The summed E-state index contributed by atoms with van der Waals surface area (Å²) in [4.78, 5) is 27.8. The number of hydrogen-bond donors (Lipinski definition) is 2. The lowest BCUT2D eigenvalue weighted by Crippen LogP contribution is -2.43. The van der Waals surface area contributed by atoms with Crippen molar-refractivity contribution in [3.8, 4) is 5.69 Å². The number of aliphatic hydroxyl groups excluding tert-OH is 1. The van der Waals surface area contributed by atoms with E-state index in [-0.39, 0.29) is 12.2 Å². The number of amides is 1. The van der Waals surface area contributed by atoms with Gasteiger partial charge in [-0.15, -0.1) is 5.10 Å². The van der Waals surface area contributed by atoms with E-state index in [1.165, 1.54) is 9.58 Å². The van der Waals surface area contributed by atoms with Gasteiger partial charge in [0.15, 0.2) is 5.60 Å². The van der Waals surface area contributed by atoms with E-state index in [1.807, 2.05) is 24.3 Å². The minimum atomic E-state index is -1.79. The monoisotopic (exact) mass is 500 g/mol. The first-order valence-electron chi connectivity index (χ1n) is 12.1. The summed E-state index contributed by atoms with van der Waals surface area (Å²) in [6, 6.07) is 12.3. The van der Waals surface area contributed by atoms with Gasteiger partial charge in [-0.05, 0) is 30.7 Å². The summed E-state index contributed by atoms with van der Waals surface area (Å²) in [6.07, 6.45) is 8.21. The van der Waals surface area contributed by atoms with Crippen LogP contribution in [-0.4, -0.2) is 54.5 Å². The van der Waals surface area contributed by atoms with Crippen molar-refractivity contribution in [2.24, 2.45) is 5.92 Å². The van der Waals surface area contributed by atoms with Crippen LogP contribution in [0.25, 0.3) is 16.5 Å². The molecular weight excluding hydrogens is 472 g/mol. The van der Waals surface area contributed by atoms with Gasteiger partial charge in [-0.2, -0.15) is 9.78 Å². The van der Waals surface area contributed by atoms with Crippen molar-refractivity contribution >= 4 is 22.4 Å². The van der Waals surface area contributed by atoms with Gasteiger partial charge in [0, 0.05) is 49.7 Å². The summed E-state index contributed by atoms with van der Waals surface area (Å²) in [5.41, 5.74) is 0.144. The van der Waals surface area contributed by atoms with Crippen LogP contribution < -0.4 is 10.5 Å². The summed E-state index contributed by atoms with van der Waals surface area (Å²) < 4.78 is 2.98. The summed E-state index contributed by atoms with van der Waals surface area (Å²) in [6.45, 7) is 2.39. The normalized spacial score (nSPS) is 18.2. The molecule has 190 valence electrons. The zero-order valence-corrected chi connectivity index (χ0v) is 20.7. The molecule has 2 atom stereocenters. The Bertz CT molecular complexity index is 1560. The van der Waals surface area contributed by atoms with Crippen molar-refractivity contribution in [2.75, 3.05) is 18.6 Å². The van der Waals surface area contributed by atoms with E-state index >= 15 is 0 Å². The van der Waals surface area contributed by atoms with Gasteiger partial charge in [-0.25, -0.2) is 0 Å². The second kappa shape index (κ2) is 9.72. The van der Waals surface area contributed by atoms with Crippen LogP contribution >= 0.6 is 0 Å². The highest BCUT2D eigenvalue weighted by atomic mass is 16.3. The molecule has 0 unspecified atom stereocenters. The molecule has 3 heterocycles. The first-order valence-corrected chi connectivity index (χ1v) is 12.1. The van der Waals surface area contributed by atoms with Gasteiger partial charge in [0.2, 0.25) is 0 Å². The van der Waals surface area contributed by atoms with Crippen molar-refractivity contribution in [1.29, 1.82) is 0 Å². The topological polar surface area (TPSA) is 126 Å². The first kappa shape index (κ1) is 24.5. The van der Waals surface area contributed by atoms with Crippen molar-refractivity contribution in [1.82, 2.24) is 24.8 Å². The number of aliphatic hydroxyl groups is 2. The number of hydrogen-bond acceptors (Lipinski definition) is 7. The van der Waals surface area contributed by atoms with Crippen molar-refractivity contribution in [2.45, 2.75) is 31.9 Å². The maximum Gasteiger partial charge on any atom is 0.279 e. The SMILES string of the molecule is C[C@@H](/C=C/CCn1cc(CCO)nn1)[C@]1(O)C(=O)N(C)c2ccc(-n3ncc4ccccc4c3=O)cc21. The number of nitrogens with zero attached hydrogens (tertiary/aromatic N) is 6. The molecule has 37 heavy (non-hydrogen) atoms. The molecule has 0 bridgehead atoms. The Morgan fingerprint density at radius 3 is 2.78 bits per heavy atom. The van der Waals surface area contributed by atoms with Gasteiger partial charge in [0.25, 0.3) is 11.5 Å². The Morgan fingerprint density at radius 2 is 1.97 bits per heavy atom. The molecule has 2 aromatic heterocycles. The molecule has 2 N–H and O–H groups in total. The number of carbonyl (C=O) groups is 1.